The van der Waals surface area contributed by atoms with Gasteiger partial charge in [-0.3, -0.25) is 0 Å². The van der Waals surface area contributed by atoms with Gasteiger partial charge in [-0.25, -0.2) is 10.3 Å². The fraction of sp³-hybridized carbons (Fsp3) is 0.300. The van der Waals surface area contributed by atoms with Crippen LogP contribution in [0.2, 0.25) is 0 Å². The highest BCUT2D eigenvalue weighted by Crippen LogP contribution is 2.36. The third kappa shape index (κ3) is 4.83. The van der Waals surface area contributed by atoms with Crippen LogP contribution in [0, 0.1) is 0 Å². The summed E-state index contributed by atoms with van der Waals surface area (Å²) < 4.78 is 10.0. The first-order valence-electron chi connectivity index (χ1n) is 4.90. The Labute approximate surface area is 105 Å². The van der Waals surface area contributed by atoms with Gasteiger partial charge >= 0.3 is 12.6 Å². The molecule has 0 saturated heterocycles. The Hall–Kier alpha value is -0.940. The molecule has 1 rings (SSSR count). The summed E-state index contributed by atoms with van der Waals surface area (Å²) in [5.41, 5.74) is 5.43. The Morgan fingerprint density at radius 2 is 2.06 bits per heavy atom. The summed E-state index contributed by atoms with van der Waals surface area (Å²) in [6.07, 6.45) is -0.245. The van der Waals surface area contributed by atoms with E-state index in [1.54, 1.807) is 26.0 Å². The molecule has 0 fully saturated rings. The van der Waals surface area contributed by atoms with Crippen LogP contribution in [0.25, 0.3) is 0 Å². The van der Waals surface area contributed by atoms with Crippen molar-refractivity contribution < 1.29 is 18.9 Å². The molecule has 0 aromatic heterocycles. The molecule has 1 aromatic carbocycles. The lowest BCUT2D eigenvalue weighted by Gasteiger charge is -2.15. The third-order valence-electron chi connectivity index (χ3n) is 1.68. The maximum Gasteiger partial charge on any atom is 0.342 e. The summed E-state index contributed by atoms with van der Waals surface area (Å²) in [6.45, 7) is 0.111. The standard InChI is InChI=1S/C10H14NO4PS/c1-7(2)14-10(12)8-5-3-4-6-9(8)15-16(11,13)17/h3-7H,1-2H3,(H3,11,13,17). The Morgan fingerprint density at radius 1 is 1.47 bits per heavy atom. The molecule has 0 spiro atoms. The van der Waals surface area contributed by atoms with E-state index < -0.39 is 12.6 Å². The van der Waals surface area contributed by atoms with Gasteiger partial charge in [0.25, 0.3) is 0 Å². The van der Waals surface area contributed by atoms with E-state index in [1.807, 2.05) is 0 Å². The maximum atomic E-state index is 11.7. The maximum absolute atomic E-state index is 11.7. The number of ether oxygens (including phenoxy) is 1. The van der Waals surface area contributed by atoms with Crippen molar-refractivity contribution in [1.82, 2.24) is 0 Å². The molecule has 0 aliphatic heterocycles. The van der Waals surface area contributed by atoms with E-state index in [9.17, 15) is 9.69 Å². The predicted octanol–water partition coefficient (Wildman–Crippen LogP) is 1.81. The number of rotatable bonds is 4. The number of esters is 1. The van der Waals surface area contributed by atoms with Gasteiger partial charge in [-0.1, -0.05) is 12.1 Å². The Bertz CT molecular complexity index is 457. The first-order chi connectivity index (χ1) is 7.79. The summed E-state index contributed by atoms with van der Waals surface area (Å²) in [5, 5.41) is 0. The molecule has 0 saturated carbocycles. The van der Waals surface area contributed by atoms with Crippen molar-refractivity contribution in [3.8, 4) is 5.75 Å². The summed E-state index contributed by atoms with van der Waals surface area (Å²) in [5.74, 6) is -0.412. The second-order valence-electron chi connectivity index (χ2n) is 3.61. The number of carbonyl (C=O) groups excluding carboxylic acids is 1. The van der Waals surface area contributed by atoms with Gasteiger partial charge in [-0.05, 0) is 37.8 Å². The molecular formula is C10H14NO4PS. The molecule has 0 aliphatic carbocycles. The molecule has 1 unspecified atom stereocenters. The van der Waals surface area contributed by atoms with Crippen molar-refractivity contribution in [3.05, 3.63) is 29.8 Å². The Morgan fingerprint density at radius 3 is 2.59 bits per heavy atom. The molecular weight excluding hydrogens is 261 g/mol. The highest BCUT2D eigenvalue weighted by Gasteiger charge is 2.18. The van der Waals surface area contributed by atoms with Crippen molar-refractivity contribution in [2.75, 3.05) is 0 Å². The van der Waals surface area contributed by atoms with E-state index in [1.165, 1.54) is 12.1 Å². The van der Waals surface area contributed by atoms with Gasteiger partial charge in [0.15, 0.2) is 0 Å². The van der Waals surface area contributed by atoms with Gasteiger partial charge < -0.3 is 14.2 Å². The summed E-state index contributed by atoms with van der Waals surface area (Å²) in [4.78, 5) is 21.0. The van der Waals surface area contributed by atoms with Crippen LogP contribution in [0.3, 0.4) is 0 Å². The average Bonchev–Trinajstić information content (AvgIpc) is 2.14. The number of hydrogen-bond acceptors (Lipinski definition) is 4. The van der Waals surface area contributed by atoms with Gasteiger partial charge in [-0.2, -0.15) is 0 Å². The van der Waals surface area contributed by atoms with Crippen LogP contribution in [-0.4, -0.2) is 17.0 Å². The van der Waals surface area contributed by atoms with Gasteiger partial charge in [0.05, 0.1) is 6.10 Å². The molecule has 17 heavy (non-hydrogen) atoms. The first-order valence-corrected chi connectivity index (χ1v) is 7.65. The molecule has 5 nitrogen and oxygen atoms in total. The molecule has 3 N–H and O–H groups in total. The predicted molar refractivity (Wildman–Crippen MR) is 68.3 cm³/mol. The van der Waals surface area contributed by atoms with Crippen molar-refractivity contribution in [2.24, 2.45) is 5.50 Å². The lowest BCUT2D eigenvalue weighted by molar-refractivity contribution is 0.0376. The minimum absolute atomic E-state index is 0.131. The number of para-hydroxylation sites is 1. The summed E-state index contributed by atoms with van der Waals surface area (Å²) >= 11 is 4.57. The van der Waals surface area contributed by atoms with Crippen LogP contribution in [0.1, 0.15) is 24.2 Å². The van der Waals surface area contributed by atoms with Crippen LogP contribution in [0.5, 0.6) is 5.75 Å². The lowest BCUT2D eigenvalue weighted by atomic mass is 10.2. The van der Waals surface area contributed by atoms with Crippen LogP contribution in [0.4, 0.5) is 0 Å². The molecule has 1 aromatic rings. The molecule has 0 radical (unpaired) electrons. The third-order valence-corrected chi connectivity index (χ3v) is 2.36. The molecule has 0 heterocycles. The smallest absolute Gasteiger partial charge is 0.342 e. The highest BCUT2D eigenvalue weighted by atomic mass is 32.5. The Balaban J connectivity index is 2.99. The fourth-order valence-corrected chi connectivity index (χ4v) is 1.82. The second kappa shape index (κ2) is 5.60. The van der Waals surface area contributed by atoms with Crippen molar-refractivity contribution in [1.29, 1.82) is 0 Å². The normalized spacial score (nSPS) is 14.2. The molecule has 0 bridgehead atoms. The lowest BCUT2D eigenvalue weighted by Crippen LogP contribution is -2.13. The topological polar surface area (TPSA) is 81.8 Å². The van der Waals surface area contributed by atoms with Crippen LogP contribution in [0.15, 0.2) is 24.3 Å². The minimum Gasteiger partial charge on any atom is -0.459 e. The zero-order valence-electron chi connectivity index (χ0n) is 9.49. The van der Waals surface area contributed by atoms with E-state index in [4.69, 9.17) is 14.8 Å². The molecule has 1 atom stereocenters. The molecule has 7 heteroatoms. The largest absolute Gasteiger partial charge is 0.459 e. The zero-order chi connectivity index (χ0) is 13.1. The molecule has 0 aliphatic rings. The van der Waals surface area contributed by atoms with Crippen LogP contribution in [-0.2, 0) is 16.5 Å². The summed E-state index contributed by atoms with van der Waals surface area (Å²) in [6, 6.07) is 6.32. The van der Waals surface area contributed by atoms with Crippen molar-refractivity contribution in [2.45, 2.75) is 20.0 Å². The van der Waals surface area contributed by atoms with Gasteiger partial charge in [0.1, 0.15) is 11.3 Å². The second-order valence-corrected chi connectivity index (χ2v) is 6.49. The van der Waals surface area contributed by atoms with E-state index in [0.717, 1.165) is 0 Å². The number of hydrogen-bond donors (Lipinski definition) is 2. The number of nitrogens with two attached hydrogens (primary N) is 1. The first kappa shape index (κ1) is 14.1. The van der Waals surface area contributed by atoms with E-state index in [0.29, 0.717) is 0 Å². The SMILES string of the molecule is CC(C)OC(=O)c1ccccc1OP(N)(O)=S. The quantitative estimate of drug-likeness (QED) is 0.644. The van der Waals surface area contributed by atoms with Gasteiger partial charge in [0, 0.05) is 0 Å². The van der Waals surface area contributed by atoms with Crippen molar-refractivity contribution in [3.63, 3.8) is 0 Å². The van der Waals surface area contributed by atoms with Gasteiger partial charge in [-0.15, -0.1) is 0 Å². The minimum atomic E-state index is -3.36. The molecule has 94 valence electrons. The van der Waals surface area contributed by atoms with E-state index >= 15 is 0 Å². The number of benzene rings is 1. The monoisotopic (exact) mass is 275 g/mol. The number of carbonyl (C=O) groups is 1. The average molecular weight is 275 g/mol. The Kier molecular flexibility index (Phi) is 4.65. The van der Waals surface area contributed by atoms with Crippen LogP contribution < -0.4 is 10.0 Å². The highest BCUT2D eigenvalue weighted by molar-refractivity contribution is 8.08. The van der Waals surface area contributed by atoms with E-state index in [-0.39, 0.29) is 17.4 Å². The van der Waals surface area contributed by atoms with Crippen LogP contribution >= 0.6 is 6.64 Å². The zero-order valence-corrected chi connectivity index (χ0v) is 11.2. The molecule has 0 amide bonds. The van der Waals surface area contributed by atoms with Crippen molar-refractivity contribution >= 4 is 24.4 Å². The van der Waals surface area contributed by atoms with Gasteiger partial charge in [0.2, 0.25) is 0 Å². The summed E-state index contributed by atoms with van der Waals surface area (Å²) in [7, 11) is 0. The fourth-order valence-electron chi connectivity index (χ4n) is 1.13. The van der Waals surface area contributed by atoms with E-state index in [2.05, 4.69) is 11.8 Å².